The van der Waals surface area contributed by atoms with E-state index in [4.69, 9.17) is 11.6 Å². The monoisotopic (exact) mass is 273 g/mol. The Morgan fingerprint density at radius 1 is 1.00 bits per heavy atom. The summed E-state index contributed by atoms with van der Waals surface area (Å²) in [5.41, 5.74) is 2.30. The summed E-state index contributed by atoms with van der Waals surface area (Å²) in [6, 6.07) is 15.6. The molecule has 0 heterocycles. The number of phenolic OH excluding ortho intramolecular Hbond substituents is 1. The van der Waals surface area contributed by atoms with E-state index < -0.39 is 0 Å². The second-order valence-electron chi connectivity index (χ2n) is 5.06. The molecule has 3 heteroatoms. The number of aromatic hydroxyl groups is 1. The minimum atomic E-state index is 0.292. The van der Waals surface area contributed by atoms with Crippen molar-refractivity contribution in [2.75, 3.05) is 5.32 Å². The lowest BCUT2D eigenvalue weighted by molar-refractivity contribution is 0.475. The molecule has 2 aromatic carbocycles. The predicted molar refractivity (Wildman–Crippen MR) is 78.6 cm³/mol. The average Bonchev–Trinajstić information content (AvgIpc) is 3.24. The molecule has 1 aliphatic carbocycles. The summed E-state index contributed by atoms with van der Waals surface area (Å²) in [5.74, 6) is 0.981. The van der Waals surface area contributed by atoms with Gasteiger partial charge in [-0.15, -0.1) is 0 Å². The molecule has 0 radical (unpaired) electrons. The highest BCUT2D eigenvalue weighted by Crippen LogP contribution is 2.43. The van der Waals surface area contributed by atoms with E-state index in [1.54, 1.807) is 12.1 Å². The van der Waals surface area contributed by atoms with E-state index in [0.717, 1.165) is 10.7 Å². The Morgan fingerprint density at radius 2 is 1.63 bits per heavy atom. The Labute approximate surface area is 118 Å². The maximum absolute atomic E-state index is 9.32. The third-order valence-corrected chi connectivity index (χ3v) is 3.76. The van der Waals surface area contributed by atoms with Crippen molar-refractivity contribution in [3.8, 4) is 5.75 Å². The molecule has 0 aliphatic heterocycles. The first-order valence-corrected chi connectivity index (χ1v) is 6.91. The van der Waals surface area contributed by atoms with E-state index >= 15 is 0 Å². The molecule has 1 atom stereocenters. The van der Waals surface area contributed by atoms with Crippen LogP contribution >= 0.6 is 11.6 Å². The first kappa shape index (κ1) is 12.4. The van der Waals surface area contributed by atoms with Crippen LogP contribution in [0.2, 0.25) is 5.02 Å². The molecule has 1 unspecified atom stereocenters. The molecule has 0 spiro atoms. The van der Waals surface area contributed by atoms with Crippen molar-refractivity contribution < 1.29 is 5.11 Å². The van der Waals surface area contributed by atoms with Gasteiger partial charge in [-0.25, -0.2) is 0 Å². The van der Waals surface area contributed by atoms with Crippen LogP contribution in [-0.2, 0) is 0 Å². The quantitative estimate of drug-likeness (QED) is 0.798. The lowest BCUT2D eigenvalue weighted by atomic mass is 10.0. The van der Waals surface area contributed by atoms with Crippen LogP contribution in [0.4, 0.5) is 5.69 Å². The first-order chi connectivity index (χ1) is 9.22. The highest BCUT2D eigenvalue weighted by molar-refractivity contribution is 6.30. The standard InChI is InChI=1S/C16H16ClNO/c17-13-5-3-12(4-6-13)16(11-1-2-11)18-14-7-9-15(19)10-8-14/h3-11,16,18-19H,1-2H2. The van der Waals surface area contributed by atoms with Gasteiger partial charge in [0.05, 0.1) is 6.04 Å². The van der Waals surface area contributed by atoms with Crippen LogP contribution in [0.1, 0.15) is 24.4 Å². The van der Waals surface area contributed by atoms with Gasteiger partial charge in [-0.1, -0.05) is 23.7 Å². The molecule has 2 aromatic rings. The van der Waals surface area contributed by atoms with Gasteiger partial charge in [0.25, 0.3) is 0 Å². The van der Waals surface area contributed by atoms with Crippen LogP contribution in [0, 0.1) is 5.92 Å². The van der Waals surface area contributed by atoms with Crippen molar-refractivity contribution >= 4 is 17.3 Å². The number of anilines is 1. The molecule has 3 rings (SSSR count). The maximum atomic E-state index is 9.32. The maximum Gasteiger partial charge on any atom is 0.115 e. The lowest BCUT2D eigenvalue weighted by Crippen LogP contribution is -2.12. The Kier molecular flexibility index (Phi) is 3.34. The number of halogens is 1. The molecule has 2 nitrogen and oxygen atoms in total. The minimum Gasteiger partial charge on any atom is -0.508 e. The Hall–Kier alpha value is -1.67. The molecule has 0 amide bonds. The fourth-order valence-corrected chi connectivity index (χ4v) is 2.44. The van der Waals surface area contributed by atoms with Gasteiger partial charge in [0.15, 0.2) is 0 Å². The summed E-state index contributed by atoms with van der Waals surface area (Å²) in [5, 5.41) is 13.6. The van der Waals surface area contributed by atoms with E-state index in [1.807, 2.05) is 24.3 Å². The number of phenols is 1. The molecule has 19 heavy (non-hydrogen) atoms. The van der Waals surface area contributed by atoms with E-state index in [9.17, 15) is 5.11 Å². The zero-order valence-corrected chi connectivity index (χ0v) is 11.3. The highest BCUT2D eigenvalue weighted by Gasteiger charge is 2.32. The minimum absolute atomic E-state index is 0.292. The topological polar surface area (TPSA) is 32.3 Å². The van der Waals surface area contributed by atoms with Crippen LogP contribution in [0.25, 0.3) is 0 Å². The van der Waals surface area contributed by atoms with Gasteiger partial charge in [0, 0.05) is 10.7 Å². The summed E-state index contributed by atoms with van der Waals surface area (Å²) in [4.78, 5) is 0. The average molecular weight is 274 g/mol. The second-order valence-corrected chi connectivity index (χ2v) is 5.49. The third kappa shape index (κ3) is 3.02. The number of hydrogen-bond donors (Lipinski definition) is 2. The van der Waals surface area contributed by atoms with Crippen LogP contribution < -0.4 is 5.32 Å². The number of nitrogens with one attached hydrogen (secondary N) is 1. The highest BCUT2D eigenvalue weighted by atomic mass is 35.5. The molecule has 0 bridgehead atoms. The van der Waals surface area contributed by atoms with Gasteiger partial charge < -0.3 is 10.4 Å². The SMILES string of the molecule is Oc1ccc(NC(c2ccc(Cl)cc2)C2CC2)cc1. The van der Waals surface area contributed by atoms with Gasteiger partial charge in [-0.2, -0.15) is 0 Å². The van der Waals surface area contributed by atoms with Gasteiger partial charge in [-0.3, -0.25) is 0 Å². The first-order valence-electron chi connectivity index (χ1n) is 6.53. The van der Waals surface area contributed by atoms with E-state index in [0.29, 0.717) is 17.7 Å². The van der Waals surface area contributed by atoms with Gasteiger partial charge in [0.2, 0.25) is 0 Å². The summed E-state index contributed by atoms with van der Waals surface area (Å²) >= 11 is 5.94. The van der Waals surface area contributed by atoms with E-state index in [1.165, 1.54) is 18.4 Å². The number of hydrogen-bond acceptors (Lipinski definition) is 2. The molecule has 1 aliphatic rings. The molecular weight excluding hydrogens is 258 g/mol. The summed E-state index contributed by atoms with van der Waals surface area (Å²) < 4.78 is 0. The Morgan fingerprint density at radius 3 is 2.21 bits per heavy atom. The predicted octanol–water partition coefficient (Wildman–Crippen LogP) is 4.61. The molecule has 1 fully saturated rings. The van der Waals surface area contributed by atoms with Gasteiger partial charge in [0.1, 0.15) is 5.75 Å². The number of benzene rings is 2. The zero-order valence-electron chi connectivity index (χ0n) is 10.5. The summed E-state index contributed by atoms with van der Waals surface area (Å²) in [7, 11) is 0. The van der Waals surface area contributed by atoms with Crippen molar-refractivity contribution in [3.05, 3.63) is 59.1 Å². The van der Waals surface area contributed by atoms with E-state index in [-0.39, 0.29) is 0 Å². The molecule has 98 valence electrons. The van der Waals surface area contributed by atoms with E-state index in [2.05, 4.69) is 17.4 Å². The van der Waals surface area contributed by atoms with Crippen molar-refractivity contribution in [1.82, 2.24) is 0 Å². The van der Waals surface area contributed by atoms with Crippen molar-refractivity contribution in [3.63, 3.8) is 0 Å². The van der Waals surface area contributed by atoms with Crippen LogP contribution in [0.5, 0.6) is 5.75 Å². The van der Waals surface area contributed by atoms with Crippen LogP contribution in [0.15, 0.2) is 48.5 Å². The zero-order chi connectivity index (χ0) is 13.2. The fourth-order valence-electron chi connectivity index (χ4n) is 2.31. The Bertz CT molecular complexity index is 546. The molecule has 0 saturated heterocycles. The van der Waals surface area contributed by atoms with Crippen LogP contribution in [-0.4, -0.2) is 5.11 Å². The lowest BCUT2D eigenvalue weighted by Gasteiger charge is -2.20. The molecule has 0 aromatic heterocycles. The van der Waals surface area contributed by atoms with Gasteiger partial charge in [-0.05, 0) is 60.7 Å². The second kappa shape index (κ2) is 5.14. The molecular formula is C16H16ClNO. The fraction of sp³-hybridized carbons (Fsp3) is 0.250. The third-order valence-electron chi connectivity index (χ3n) is 3.51. The normalized spacial score (nSPS) is 16.1. The summed E-state index contributed by atoms with van der Waals surface area (Å²) in [6.07, 6.45) is 2.52. The smallest absolute Gasteiger partial charge is 0.115 e. The molecule has 2 N–H and O–H groups in total. The van der Waals surface area contributed by atoms with Crippen molar-refractivity contribution in [1.29, 1.82) is 0 Å². The summed E-state index contributed by atoms with van der Waals surface area (Å²) in [6.45, 7) is 0. The Balaban J connectivity index is 1.81. The number of rotatable bonds is 4. The largest absolute Gasteiger partial charge is 0.508 e. The molecule has 1 saturated carbocycles. The van der Waals surface area contributed by atoms with Crippen molar-refractivity contribution in [2.45, 2.75) is 18.9 Å². The van der Waals surface area contributed by atoms with Crippen molar-refractivity contribution in [2.24, 2.45) is 5.92 Å². The van der Waals surface area contributed by atoms with Gasteiger partial charge >= 0.3 is 0 Å². The van der Waals surface area contributed by atoms with Crippen LogP contribution in [0.3, 0.4) is 0 Å².